The van der Waals surface area contributed by atoms with Crippen LogP contribution in [0.15, 0.2) is 12.1 Å². The fourth-order valence-electron chi connectivity index (χ4n) is 3.11. The molecule has 1 N–H and O–H groups in total. The predicted molar refractivity (Wildman–Crippen MR) is 74.9 cm³/mol. The van der Waals surface area contributed by atoms with Crippen LogP contribution < -0.4 is 0 Å². The first kappa shape index (κ1) is 15.8. The van der Waals surface area contributed by atoms with Gasteiger partial charge in [0.25, 0.3) is 0 Å². The number of aliphatic hydroxyl groups is 1. The van der Waals surface area contributed by atoms with E-state index in [1.807, 2.05) is 19.1 Å². The fourth-order valence-corrected chi connectivity index (χ4v) is 4.11. The second-order valence-electron chi connectivity index (χ2n) is 5.59. The molecule has 1 aliphatic carbocycles. The van der Waals surface area contributed by atoms with E-state index >= 15 is 0 Å². The van der Waals surface area contributed by atoms with Crippen molar-refractivity contribution in [2.75, 3.05) is 0 Å². The summed E-state index contributed by atoms with van der Waals surface area (Å²) < 4.78 is 39.1. The summed E-state index contributed by atoms with van der Waals surface area (Å²) in [5, 5.41) is 10.2. The number of hydrogen-bond donors (Lipinski definition) is 1. The lowest BCUT2D eigenvalue weighted by atomic mass is 9.75. The summed E-state index contributed by atoms with van der Waals surface area (Å²) in [5.74, 6) is -1.98. The molecule has 2 rings (SSSR count). The Hall–Kier alpha value is -0.550. The van der Waals surface area contributed by atoms with Gasteiger partial charge in [0.15, 0.2) is 0 Å². The van der Waals surface area contributed by atoms with Crippen LogP contribution in [-0.4, -0.2) is 17.4 Å². The van der Waals surface area contributed by atoms with Gasteiger partial charge in [0, 0.05) is 16.2 Å². The molecular formula is C15H21F3OS. The molecule has 1 aromatic heterocycles. The minimum Gasteiger partial charge on any atom is -0.392 e. The van der Waals surface area contributed by atoms with Gasteiger partial charge in [0.05, 0.1) is 12.0 Å². The normalized spacial score (nSPS) is 25.6. The third-order valence-corrected chi connectivity index (χ3v) is 5.46. The molecule has 1 heterocycles. The maximum atomic E-state index is 13.0. The molecule has 114 valence electrons. The summed E-state index contributed by atoms with van der Waals surface area (Å²) >= 11 is 1.59. The van der Waals surface area contributed by atoms with Gasteiger partial charge >= 0.3 is 6.18 Å². The average Bonchev–Trinajstić information content (AvgIpc) is 2.85. The summed E-state index contributed by atoms with van der Waals surface area (Å²) in [7, 11) is 0. The van der Waals surface area contributed by atoms with E-state index in [4.69, 9.17) is 0 Å². The van der Waals surface area contributed by atoms with Crippen LogP contribution in [0.25, 0.3) is 0 Å². The van der Waals surface area contributed by atoms with E-state index in [0.717, 1.165) is 17.7 Å². The minimum atomic E-state index is -4.18. The van der Waals surface area contributed by atoms with Crippen molar-refractivity contribution in [2.45, 2.75) is 57.7 Å². The Morgan fingerprint density at radius 2 is 1.90 bits per heavy atom. The standard InChI is InChI=1S/C15H21F3OS/c1-2-10-7-8-11(20-10)9-14(19)12-5-3-4-6-13(12)15(16,17)18/h7-8,12-14,19H,2-6,9H2,1H3. The van der Waals surface area contributed by atoms with Crippen LogP contribution in [0.1, 0.15) is 42.4 Å². The van der Waals surface area contributed by atoms with Crippen molar-refractivity contribution in [1.29, 1.82) is 0 Å². The first-order chi connectivity index (χ1) is 9.41. The second kappa shape index (κ2) is 6.48. The summed E-state index contributed by atoms with van der Waals surface area (Å²) in [5.41, 5.74) is 0. The molecule has 3 unspecified atom stereocenters. The molecule has 3 atom stereocenters. The molecule has 20 heavy (non-hydrogen) atoms. The van der Waals surface area contributed by atoms with Crippen LogP contribution in [-0.2, 0) is 12.8 Å². The monoisotopic (exact) mass is 306 g/mol. The summed E-state index contributed by atoms with van der Waals surface area (Å²) in [6.45, 7) is 2.05. The van der Waals surface area contributed by atoms with Crippen molar-refractivity contribution in [3.8, 4) is 0 Å². The zero-order valence-corrected chi connectivity index (χ0v) is 12.4. The van der Waals surface area contributed by atoms with Crippen molar-refractivity contribution in [2.24, 2.45) is 11.8 Å². The summed E-state index contributed by atoms with van der Waals surface area (Å²) in [6, 6.07) is 3.92. The molecule has 0 aliphatic heterocycles. The third kappa shape index (κ3) is 3.76. The van der Waals surface area contributed by atoms with Gasteiger partial charge in [-0.15, -0.1) is 11.3 Å². The van der Waals surface area contributed by atoms with Crippen LogP contribution in [0, 0.1) is 11.8 Å². The molecule has 0 saturated heterocycles. The largest absolute Gasteiger partial charge is 0.392 e. The van der Waals surface area contributed by atoms with Crippen LogP contribution in [0.5, 0.6) is 0 Å². The Labute approximate surface area is 121 Å². The van der Waals surface area contributed by atoms with Crippen molar-refractivity contribution in [3.63, 3.8) is 0 Å². The Bertz CT molecular complexity index is 427. The zero-order chi connectivity index (χ0) is 14.8. The quantitative estimate of drug-likeness (QED) is 0.863. The molecule has 0 radical (unpaired) electrons. The number of halogens is 3. The Morgan fingerprint density at radius 3 is 2.50 bits per heavy atom. The Kier molecular flexibility index (Phi) is 5.13. The topological polar surface area (TPSA) is 20.2 Å². The highest BCUT2D eigenvalue weighted by Gasteiger charge is 2.47. The van der Waals surface area contributed by atoms with E-state index in [2.05, 4.69) is 0 Å². The lowest BCUT2D eigenvalue weighted by molar-refractivity contribution is -0.206. The van der Waals surface area contributed by atoms with Gasteiger partial charge in [-0.3, -0.25) is 0 Å². The maximum absolute atomic E-state index is 13.0. The second-order valence-corrected chi connectivity index (χ2v) is 6.84. The minimum absolute atomic E-state index is 0.163. The number of alkyl halides is 3. The number of rotatable bonds is 4. The van der Waals surface area contributed by atoms with Crippen LogP contribution in [0.3, 0.4) is 0 Å². The molecule has 5 heteroatoms. The maximum Gasteiger partial charge on any atom is 0.392 e. The van der Waals surface area contributed by atoms with Gasteiger partial charge in [0.1, 0.15) is 0 Å². The van der Waals surface area contributed by atoms with E-state index in [9.17, 15) is 18.3 Å². The van der Waals surface area contributed by atoms with Crippen LogP contribution >= 0.6 is 11.3 Å². The van der Waals surface area contributed by atoms with Gasteiger partial charge in [0.2, 0.25) is 0 Å². The van der Waals surface area contributed by atoms with E-state index < -0.39 is 24.1 Å². The molecular weight excluding hydrogens is 285 g/mol. The van der Waals surface area contributed by atoms with Gasteiger partial charge in [-0.2, -0.15) is 13.2 Å². The number of hydrogen-bond acceptors (Lipinski definition) is 2. The highest BCUT2D eigenvalue weighted by Crippen LogP contribution is 2.43. The smallest absolute Gasteiger partial charge is 0.392 e. The van der Waals surface area contributed by atoms with Crippen molar-refractivity contribution < 1.29 is 18.3 Å². The van der Waals surface area contributed by atoms with E-state index in [0.29, 0.717) is 19.3 Å². The summed E-state index contributed by atoms with van der Waals surface area (Å²) in [6.07, 6.45) is -1.74. The van der Waals surface area contributed by atoms with Gasteiger partial charge in [-0.25, -0.2) is 0 Å². The molecule has 0 amide bonds. The predicted octanol–water partition coefficient (Wildman–Crippen LogP) is 4.58. The first-order valence-corrected chi connectivity index (χ1v) is 8.05. The highest BCUT2D eigenvalue weighted by atomic mass is 32.1. The Balaban J connectivity index is 2.03. The summed E-state index contributed by atoms with van der Waals surface area (Å²) in [4.78, 5) is 2.20. The van der Waals surface area contributed by atoms with Gasteiger partial charge < -0.3 is 5.11 Å². The molecule has 1 aliphatic rings. The zero-order valence-electron chi connectivity index (χ0n) is 11.6. The average molecular weight is 306 g/mol. The highest BCUT2D eigenvalue weighted by molar-refractivity contribution is 7.11. The number of aliphatic hydroxyl groups excluding tert-OH is 1. The van der Waals surface area contributed by atoms with Crippen molar-refractivity contribution in [3.05, 3.63) is 21.9 Å². The molecule has 0 bridgehead atoms. The Morgan fingerprint density at radius 1 is 1.25 bits per heavy atom. The SMILES string of the molecule is CCc1ccc(CC(O)C2CCCCC2C(F)(F)F)s1. The molecule has 1 saturated carbocycles. The van der Waals surface area contributed by atoms with Crippen molar-refractivity contribution >= 4 is 11.3 Å². The van der Waals surface area contributed by atoms with E-state index in [1.54, 1.807) is 11.3 Å². The molecule has 0 spiro atoms. The van der Waals surface area contributed by atoms with Crippen molar-refractivity contribution in [1.82, 2.24) is 0 Å². The van der Waals surface area contributed by atoms with E-state index in [1.165, 1.54) is 4.88 Å². The van der Waals surface area contributed by atoms with Gasteiger partial charge in [-0.05, 0) is 37.3 Å². The van der Waals surface area contributed by atoms with E-state index in [-0.39, 0.29) is 6.42 Å². The first-order valence-electron chi connectivity index (χ1n) is 7.24. The molecule has 1 aromatic rings. The molecule has 1 fully saturated rings. The number of aryl methyl sites for hydroxylation is 1. The molecule has 1 nitrogen and oxygen atoms in total. The lowest BCUT2D eigenvalue weighted by Crippen LogP contribution is -2.40. The lowest BCUT2D eigenvalue weighted by Gasteiger charge is -2.35. The van der Waals surface area contributed by atoms with Crippen LogP contribution in [0.2, 0.25) is 0 Å². The fraction of sp³-hybridized carbons (Fsp3) is 0.733. The van der Waals surface area contributed by atoms with Gasteiger partial charge in [-0.1, -0.05) is 19.8 Å². The third-order valence-electron chi connectivity index (χ3n) is 4.21. The van der Waals surface area contributed by atoms with Crippen LogP contribution in [0.4, 0.5) is 13.2 Å². The molecule has 0 aromatic carbocycles. The number of thiophene rings is 1.